The van der Waals surface area contributed by atoms with Gasteiger partial charge in [0.25, 0.3) is 5.91 Å². The normalized spacial score (nSPS) is 9.77. The first-order valence-electron chi connectivity index (χ1n) is 3.96. The summed E-state index contributed by atoms with van der Waals surface area (Å²) in [7, 11) is 3.83. The summed E-state index contributed by atoms with van der Waals surface area (Å²) in [6.07, 6.45) is 1.63. The van der Waals surface area contributed by atoms with Gasteiger partial charge in [-0.3, -0.25) is 4.79 Å². The third-order valence-electron chi connectivity index (χ3n) is 1.81. The Balaban J connectivity index is 3.13. The summed E-state index contributed by atoms with van der Waals surface area (Å²) in [4.78, 5) is 16.8. The van der Waals surface area contributed by atoms with E-state index in [1.54, 1.807) is 6.20 Å². The number of aromatic nitrogens is 1. The number of anilines is 1. The Labute approximate surface area is 77.4 Å². The summed E-state index contributed by atoms with van der Waals surface area (Å²) in [5.74, 6) is -0.484. The van der Waals surface area contributed by atoms with Gasteiger partial charge in [-0.1, -0.05) is 0 Å². The number of amides is 1. The average molecular weight is 179 g/mol. The van der Waals surface area contributed by atoms with Gasteiger partial charge in [0.1, 0.15) is 5.69 Å². The lowest BCUT2D eigenvalue weighted by Gasteiger charge is -2.12. The van der Waals surface area contributed by atoms with Gasteiger partial charge >= 0.3 is 0 Å². The number of primary amides is 1. The molecule has 2 N–H and O–H groups in total. The van der Waals surface area contributed by atoms with E-state index in [1.165, 1.54) is 0 Å². The van der Waals surface area contributed by atoms with Crippen molar-refractivity contribution in [3.8, 4) is 0 Å². The lowest BCUT2D eigenvalue weighted by Crippen LogP contribution is -2.16. The van der Waals surface area contributed by atoms with Crippen LogP contribution in [0, 0.1) is 6.92 Å². The molecule has 0 fully saturated rings. The van der Waals surface area contributed by atoms with E-state index in [4.69, 9.17) is 5.73 Å². The molecule has 0 atom stereocenters. The average Bonchev–Trinajstić information content (AvgIpc) is 2.03. The second kappa shape index (κ2) is 3.43. The summed E-state index contributed by atoms with van der Waals surface area (Å²) in [5.41, 5.74) is 7.23. The SMILES string of the molecule is Cc1cc(N(C)C)cnc1C(N)=O. The highest BCUT2D eigenvalue weighted by atomic mass is 16.1. The van der Waals surface area contributed by atoms with Crippen LogP contribution in [0.4, 0.5) is 5.69 Å². The van der Waals surface area contributed by atoms with Gasteiger partial charge in [-0.05, 0) is 18.6 Å². The van der Waals surface area contributed by atoms with E-state index in [0.29, 0.717) is 5.69 Å². The third kappa shape index (κ3) is 1.96. The second-order valence-corrected chi connectivity index (χ2v) is 3.12. The lowest BCUT2D eigenvalue weighted by molar-refractivity contribution is 0.0995. The van der Waals surface area contributed by atoms with Crippen molar-refractivity contribution in [3.05, 3.63) is 23.5 Å². The van der Waals surface area contributed by atoms with Gasteiger partial charge in [-0.2, -0.15) is 0 Å². The molecule has 4 heteroatoms. The van der Waals surface area contributed by atoms with Crippen LogP contribution < -0.4 is 10.6 Å². The molecular formula is C9H13N3O. The van der Waals surface area contributed by atoms with Crippen LogP contribution in [-0.4, -0.2) is 25.0 Å². The Morgan fingerprint density at radius 2 is 2.15 bits per heavy atom. The van der Waals surface area contributed by atoms with Gasteiger partial charge < -0.3 is 10.6 Å². The Kier molecular flexibility index (Phi) is 2.51. The highest BCUT2D eigenvalue weighted by molar-refractivity contribution is 5.92. The quantitative estimate of drug-likeness (QED) is 0.721. The molecule has 70 valence electrons. The number of nitrogens with two attached hydrogens (primary N) is 1. The van der Waals surface area contributed by atoms with Crippen LogP contribution >= 0.6 is 0 Å². The first-order valence-corrected chi connectivity index (χ1v) is 3.96. The minimum atomic E-state index is -0.484. The number of carbonyl (C=O) groups is 1. The maximum Gasteiger partial charge on any atom is 0.267 e. The molecule has 0 radical (unpaired) electrons. The van der Waals surface area contributed by atoms with Crippen molar-refractivity contribution in [1.29, 1.82) is 0 Å². The highest BCUT2D eigenvalue weighted by Gasteiger charge is 2.07. The van der Waals surface area contributed by atoms with Gasteiger partial charge in [0.05, 0.1) is 11.9 Å². The molecule has 0 saturated heterocycles. The van der Waals surface area contributed by atoms with Gasteiger partial charge in [0, 0.05) is 14.1 Å². The van der Waals surface area contributed by atoms with Crippen LogP contribution in [0.1, 0.15) is 16.1 Å². The zero-order valence-electron chi connectivity index (χ0n) is 8.03. The molecule has 0 bridgehead atoms. The third-order valence-corrected chi connectivity index (χ3v) is 1.81. The standard InChI is InChI=1S/C9H13N3O/c1-6-4-7(12(2)3)5-11-8(6)9(10)13/h4-5H,1-3H3,(H2,10,13). The minimum absolute atomic E-state index is 0.339. The van der Waals surface area contributed by atoms with Crippen molar-refractivity contribution in [2.24, 2.45) is 5.73 Å². The Bertz CT molecular complexity index is 334. The lowest BCUT2D eigenvalue weighted by atomic mass is 10.2. The summed E-state index contributed by atoms with van der Waals surface area (Å²) in [5, 5.41) is 0. The molecular weight excluding hydrogens is 166 g/mol. The number of hydrogen-bond donors (Lipinski definition) is 1. The van der Waals surface area contributed by atoms with Crippen LogP contribution in [0.25, 0.3) is 0 Å². The Hall–Kier alpha value is -1.58. The molecule has 1 aromatic heterocycles. The van der Waals surface area contributed by atoms with E-state index < -0.39 is 5.91 Å². The minimum Gasteiger partial charge on any atom is -0.376 e. The van der Waals surface area contributed by atoms with Crippen molar-refractivity contribution >= 4 is 11.6 Å². The molecule has 0 aliphatic carbocycles. The monoisotopic (exact) mass is 179 g/mol. The summed E-state index contributed by atoms with van der Waals surface area (Å²) >= 11 is 0. The molecule has 0 unspecified atom stereocenters. The van der Waals surface area contributed by atoms with Crippen LogP contribution in [0.15, 0.2) is 12.3 Å². The number of hydrogen-bond acceptors (Lipinski definition) is 3. The van der Waals surface area contributed by atoms with Crippen LogP contribution in [-0.2, 0) is 0 Å². The molecule has 1 heterocycles. The summed E-state index contributed by atoms with van der Waals surface area (Å²) in [6.45, 7) is 1.82. The topological polar surface area (TPSA) is 59.2 Å². The van der Waals surface area contributed by atoms with Crippen molar-refractivity contribution in [2.75, 3.05) is 19.0 Å². The molecule has 0 aliphatic rings. The molecule has 0 saturated carbocycles. The molecule has 0 aliphatic heterocycles. The maximum atomic E-state index is 10.8. The molecule has 1 amide bonds. The smallest absolute Gasteiger partial charge is 0.267 e. The molecule has 1 rings (SSSR count). The van der Waals surface area contributed by atoms with E-state index in [-0.39, 0.29) is 0 Å². The fourth-order valence-corrected chi connectivity index (χ4v) is 1.06. The van der Waals surface area contributed by atoms with E-state index >= 15 is 0 Å². The number of rotatable bonds is 2. The van der Waals surface area contributed by atoms with Crippen molar-refractivity contribution < 1.29 is 4.79 Å². The van der Waals surface area contributed by atoms with E-state index in [1.807, 2.05) is 32.0 Å². The first-order chi connectivity index (χ1) is 6.02. The molecule has 0 spiro atoms. The fraction of sp³-hybridized carbons (Fsp3) is 0.333. The van der Waals surface area contributed by atoms with Crippen LogP contribution in [0.2, 0.25) is 0 Å². The summed E-state index contributed by atoms with van der Waals surface area (Å²) < 4.78 is 0. The molecule has 1 aromatic rings. The predicted molar refractivity (Wildman–Crippen MR) is 51.8 cm³/mol. The fourth-order valence-electron chi connectivity index (χ4n) is 1.06. The molecule has 0 aromatic carbocycles. The predicted octanol–water partition coefficient (Wildman–Crippen LogP) is 0.555. The van der Waals surface area contributed by atoms with Crippen molar-refractivity contribution in [2.45, 2.75) is 6.92 Å². The maximum absolute atomic E-state index is 10.8. The number of aryl methyl sites for hydroxylation is 1. The molecule has 4 nitrogen and oxygen atoms in total. The molecule has 13 heavy (non-hydrogen) atoms. The second-order valence-electron chi connectivity index (χ2n) is 3.12. The van der Waals surface area contributed by atoms with E-state index in [2.05, 4.69) is 4.98 Å². The number of pyridine rings is 1. The number of carbonyl (C=O) groups excluding carboxylic acids is 1. The van der Waals surface area contributed by atoms with Crippen molar-refractivity contribution in [1.82, 2.24) is 4.98 Å². The Morgan fingerprint density at radius 1 is 1.54 bits per heavy atom. The largest absolute Gasteiger partial charge is 0.376 e. The van der Waals surface area contributed by atoms with E-state index in [0.717, 1.165) is 11.3 Å². The van der Waals surface area contributed by atoms with Crippen LogP contribution in [0.5, 0.6) is 0 Å². The highest BCUT2D eigenvalue weighted by Crippen LogP contribution is 2.13. The van der Waals surface area contributed by atoms with E-state index in [9.17, 15) is 4.79 Å². The van der Waals surface area contributed by atoms with Gasteiger partial charge in [0.2, 0.25) is 0 Å². The first kappa shape index (κ1) is 9.51. The van der Waals surface area contributed by atoms with Gasteiger partial charge in [-0.25, -0.2) is 4.98 Å². The summed E-state index contributed by atoms with van der Waals surface area (Å²) in [6, 6.07) is 1.88. The zero-order valence-corrected chi connectivity index (χ0v) is 8.03. The zero-order chi connectivity index (χ0) is 10.0. The van der Waals surface area contributed by atoms with Crippen molar-refractivity contribution in [3.63, 3.8) is 0 Å². The van der Waals surface area contributed by atoms with Gasteiger partial charge in [0.15, 0.2) is 0 Å². The van der Waals surface area contributed by atoms with Gasteiger partial charge in [-0.15, -0.1) is 0 Å². The Morgan fingerprint density at radius 3 is 2.54 bits per heavy atom. The van der Waals surface area contributed by atoms with Crippen LogP contribution in [0.3, 0.4) is 0 Å². The number of nitrogens with zero attached hydrogens (tertiary/aromatic N) is 2.